The maximum Gasteiger partial charge on any atom is 0.317 e. The van der Waals surface area contributed by atoms with Crippen LogP contribution in [-0.2, 0) is 4.79 Å². The van der Waals surface area contributed by atoms with Crippen molar-refractivity contribution in [3.8, 4) is 0 Å². The molecular weight excluding hydrogens is 258 g/mol. The lowest BCUT2D eigenvalue weighted by molar-refractivity contribution is -0.137. The van der Waals surface area contributed by atoms with Crippen LogP contribution in [-0.4, -0.2) is 53.7 Å². The Morgan fingerprint density at radius 2 is 2.05 bits per heavy atom. The van der Waals surface area contributed by atoms with Crippen LogP contribution in [0.3, 0.4) is 0 Å². The van der Waals surface area contributed by atoms with Crippen molar-refractivity contribution in [2.24, 2.45) is 0 Å². The Morgan fingerprint density at radius 3 is 2.60 bits per heavy atom. The molecule has 0 saturated carbocycles. The van der Waals surface area contributed by atoms with Crippen LogP contribution in [0.2, 0.25) is 0 Å². The molecule has 2 amide bonds. The van der Waals surface area contributed by atoms with Gasteiger partial charge in [-0.1, -0.05) is 6.92 Å². The summed E-state index contributed by atoms with van der Waals surface area (Å²) in [6.45, 7) is 6.57. The van der Waals surface area contributed by atoms with Gasteiger partial charge in [-0.25, -0.2) is 4.79 Å². The third-order valence-corrected chi connectivity index (χ3v) is 3.64. The topological polar surface area (TPSA) is 81.7 Å². The predicted molar refractivity (Wildman–Crippen MR) is 77.8 cm³/mol. The average Bonchev–Trinajstić information content (AvgIpc) is 2.43. The molecule has 0 aromatic heterocycles. The molecule has 1 rings (SSSR count). The number of aliphatic carboxylic acids is 1. The molecule has 1 aliphatic heterocycles. The molecule has 1 aliphatic rings. The highest BCUT2D eigenvalue weighted by Crippen LogP contribution is 2.13. The van der Waals surface area contributed by atoms with Gasteiger partial charge in [0, 0.05) is 25.0 Å². The molecule has 1 saturated heterocycles. The summed E-state index contributed by atoms with van der Waals surface area (Å²) in [6.07, 6.45) is 3.45. The Kier molecular flexibility index (Phi) is 7.36. The molecule has 0 radical (unpaired) electrons. The molecule has 20 heavy (non-hydrogen) atoms. The van der Waals surface area contributed by atoms with Crippen molar-refractivity contribution in [1.82, 2.24) is 15.5 Å². The van der Waals surface area contributed by atoms with Gasteiger partial charge in [-0.2, -0.15) is 0 Å². The van der Waals surface area contributed by atoms with Gasteiger partial charge in [0.25, 0.3) is 0 Å². The van der Waals surface area contributed by atoms with Crippen molar-refractivity contribution in [3.05, 3.63) is 0 Å². The van der Waals surface area contributed by atoms with Gasteiger partial charge in [0.15, 0.2) is 0 Å². The first-order valence-electron chi connectivity index (χ1n) is 7.54. The summed E-state index contributed by atoms with van der Waals surface area (Å²) in [6, 6.07) is 0.124. The van der Waals surface area contributed by atoms with E-state index in [1.54, 1.807) is 0 Å². The molecule has 0 aliphatic carbocycles. The maximum atomic E-state index is 12.3. The van der Waals surface area contributed by atoms with E-state index in [2.05, 4.69) is 17.6 Å². The van der Waals surface area contributed by atoms with Crippen LogP contribution in [0, 0.1) is 0 Å². The van der Waals surface area contributed by atoms with Crippen LogP contribution in [0.1, 0.15) is 46.0 Å². The van der Waals surface area contributed by atoms with Gasteiger partial charge in [0.05, 0.1) is 0 Å². The van der Waals surface area contributed by atoms with Crippen LogP contribution in [0.5, 0.6) is 0 Å². The molecule has 1 heterocycles. The molecule has 1 atom stereocenters. The van der Waals surface area contributed by atoms with E-state index in [-0.39, 0.29) is 18.5 Å². The lowest BCUT2D eigenvalue weighted by Crippen LogP contribution is -2.52. The fourth-order valence-corrected chi connectivity index (χ4v) is 2.52. The molecule has 3 N–H and O–H groups in total. The van der Waals surface area contributed by atoms with E-state index in [1.807, 2.05) is 11.8 Å². The average molecular weight is 285 g/mol. The Bertz CT molecular complexity index is 317. The summed E-state index contributed by atoms with van der Waals surface area (Å²) in [4.78, 5) is 24.8. The minimum atomic E-state index is -0.824. The van der Waals surface area contributed by atoms with Crippen molar-refractivity contribution in [1.29, 1.82) is 0 Å². The minimum absolute atomic E-state index is 0.0587. The first kappa shape index (κ1) is 16.8. The number of rotatable bonds is 7. The van der Waals surface area contributed by atoms with Crippen LogP contribution >= 0.6 is 0 Å². The van der Waals surface area contributed by atoms with Crippen LogP contribution in [0.4, 0.5) is 4.79 Å². The van der Waals surface area contributed by atoms with Crippen molar-refractivity contribution in [2.75, 3.05) is 19.6 Å². The van der Waals surface area contributed by atoms with E-state index in [4.69, 9.17) is 5.11 Å². The number of nitrogens with zero attached hydrogens (tertiary/aromatic N) is 1. The molecule has 0 aromatic carbocycles. The standard InChI is InChI=1S/C14H27N3O3/c1-3-10-17(12-6-8-15-9-7-12)14(20)16-11(2)4-5-13(18)19/h11-12,15H,3-10H2,1-2H3,(H,16,20)(H,18,19). The molecule has 116 valence electrons. The largest absolute Gasteiger partial charge is 0.481 e. The number of amides is 2. The van der Waals surface area contributed by atoms with Crippen molar-refractivity contribution < 1.29 is 14.7 Å². The summed E-state index contributed by atoms with van der Waals surface area (Å²) < 4.78 is 0. The highest BCUT2D eigenvalue weighted by atomic mass is 16.4. The molecule has 6 nitrogen and oxygen atoms in total. The zero-order valence-corrected chi connectivity index (χ0v) is 12.5. The molecule has 0 spiro atoms. The maximum absolute atomic E-state index is 12.3. The molecule has 6 heteroatoms. The third kappa shape index (κ3) is 5.77. The second kappa shape index (κ2) is 8.79. The first-order chi connectivity index (χ1) is 9.54. The number of piperidine rings is 1. The highest BCUT2D eigenvalue weighted by molar-refractivity contribution is 5.75. The summed E-state index contributed by atoms with van der Waals surface area (Å²) in [5, 5.41) is 14.9. The lowest BCUT2D eigenvalue weighted by atomic mass is 10.0. The summed E-state index contributed by atoms with van der Waals surface area (Å²) in [7, 11) is 0. The van der Waals surface area contributed by atoms with E-state index in [9.17, 15) is 9.59 Å². The van der Waals surface area contributed by atoms with E-state index >= 15 is 0 Å². The molecule has 1 fully saturated rings. The van der Waals surface area contributed by atoms with Crippen LogP contribution in [0.15, 0.2) is 0 Å². The Hall–Kier alpha value is -1.30. The van der Waals surface area contributed by atoms with Crippen molar-refractivity contribution in [2.45, 2.75) is 58.0 Å². The number of hydrogen-bond donors (Lipinski definition) is 3. The molecular formula is C14H27N3O3. The van der Waals surface area contributed by atoms with Gasteiger partial charge in [0.1, 0.15) is 0 Å². The first-order valence-corrected chi connectivity index (χ1v) is 7.54. The van der Waals surface area contributed by atoms with Gasteiger partial charge in [-0.05, 0) is 45.7 Å². The van der Waals surface area contributed by atoms with Gasteiger partial charge in [-0.3, -0.25) is 4.79 Å². The number of hydrogen-bond acceptors (Lipinski definition) is 3. The van der Waals surface area contributed by atoms with E-state index in [1.165, 1.54) is 0 Å². The second-order valence-corrected chi connectivity index (χ2v) is 5.46. The third-order valence-electron chi connectivity index (χ3n) is 3.64. The summed E-state index contributed by atoms with van der Waals surface area (Å²) in [5.74, 6) is -0.824. The van der Waals surface area contributed by atoms with Crippen LogP contribution in [0.25, 0.3) is 0 Å². The smallest absolute Gasteiger partial charge is 0.317 e. The monoisotopic (exact) mass is 285 g/mol. The second-order valence-electron chi connectivity index (χ2n) is 5.46. The Morgan fingerprint density at radius 1 is 1.40 bits per heavy atom. The number of carbonyl (C=O) groups is 2. The van der Waals surface area contributed by atoms with Gasteiger partial charge in [0.2, 0.25) is 0 Å². The molecule has 0 bridgehead atoms. The predicted octanol–water partition coefficient (Wildman–Crippen LogP) is 1.41. The quantitative estimate of drug-likeness (QED) is 0.660. The van der Waals surface area contributed by atoms with Crippen molar-refractivity contribution >= 4 is 12.0 Å². The fourth-order valence-electron chi connectivity index (χ4n) is 2.52. The Labute approximate surface area is 120 Å². The van der Waals surface area contributed by atoms with Crippen molar-refractivity contribution in [3.63, 3.8) is 0 Å². The van der Waals surface area contributed by atoms with E-state index in [0.29, 0.717) is 12.5 Å². The normalized spacial score (nSPS) is 17.5. The fraction of sp³-hybridized carbons (Fsp3) is 0.857. The zero-order chi connectivity index (χ0) is 15.0. The zero-order valence-electron chi connectivity index (χ0n) is 12.5. The number of urea groups is 1. The van der Waals surface area contributed by atoms with Gasteiger partial charge < -0.3 is 20.6 Å². The number of carboxylic acid groups (broad SMARTS) is 1. The number of nitrogens with one attached hydrogen (secondary N) is 2. The summed E-state index contributed by atoms with van der Waals surface area (Å²) >= 11 is 0. The van der Waals surface area contributed by atoms with Gasteiger partial charge >= 0.3 is 12.0 Å². The minimum Gasteiger partial charge on any atom is -0.481 e. The SMILES string of the molecule is CCCN(C(=O)NC(C)CCC(=O)O)C1CCNCC1. The lowest BCUT2D eigenvalue weighted by Gasteiger charge is -2.35. The number of carbonyl (C=O) groups excluding carboxylic acids is 1. The molecule has 0 aromatic rings. The number of carboxylic acids is 1. The Balaban J connectivity index is 2.48. The summed E-state index contributed by atoms with van der Waals surface area (Å²) in [5.41, 5.74) is 0. The van der Waals surface area contributed by atoms with E-state index < -0.39 is 5.97 Å². The highest BCUT2D eigenvalue weighted by Gasteiger charge is 2.25. The molecule has 1 unspecified atom stereocenters. The van der Waals surface area contributed by atoms with Crippen LogP contribution < -0.4 is 10.6 Å². The van der Waals surface area contributed by atoms with Gasteiger partial charge in [-0.15, -0.1) is 0 Å². The van der Waals surface area contributed by atoms with E-state index in [0.717, 1.165) is 38.9 Å².